The van der Waals surface area contributed by atoms with Gasteiger partial charge >= 0.3 is 6.18 Å². The van der Waals surface area contributed by atoms with Gasteiger partial charge in [0.05, 0.1) is 16.9 Å². The van der Waals surface area contributed by atoms with Crippen molar-refractivity contribution in [1.82, 2.24) is 10.3 Å². The monoisotopic (exact) mass is 421 g/mol. The third-order valence-corrected chi connectivity index (χ3v) is 5.93. The Balaban J connectivity index is 1.80. The number of ether oxygens (including phenoxy) is 1. The van der Waals surface area contributed by atoms with E-state index in [2.05, 4.69) is 10.3 Å². The molecular weight excluding hydrogens is 403 g/mol. The number of amides is 1. The summed E-state index contributed by atoms with van der Waals surface area (Å²) in [4.78, 5) is 17.2. The second-order valence-electron chi connectivity index (χ2n) is 6.80. The van der Waals surface area contributed by atoms with Gasteiger partial charge in [-0.2, -0.15) is 13.2 Å². The van der Waals surface area contributed by atoms with E-state index in [0.29, 0.717) is 31.6 Å². The van der Waals surface area contributed by atoms with E-state index >= 15 is 0 Å². The van der Waals surface area contributed by atoms with Crippen LogP contribution >= 0.6 is 11.3 Å². The molecule has 0 bridgehead atoms. The molecule has 1 saturated heterocycles. The summed E-state index contributed by atoms with van der Waals surface area (Å²) < 4.78 is 46.6. The van der Waals surface area contributed by atoms with Crippen molar-refractivity contribution in [2.24, 2.45) is 0 Å². The van der Waals surface area contributed by atoms with E-state index in [-0.39, 0.29) is 32.5 Å². The van der Waals surface area contributed by atoms with Crippen LogP contribution in [0.2, 0.25) is 0 Å². The molecule has 0 atom stereocenters. The number of fused-ring (bicyclic) bond motifs is 1. The molecule has 0 saturated carbocycles. The molecule has 152 valence electrons. The Bertz CT molecular complexity index is 1040. The topological polar surface area (TPSA) is 77.2 Å². The van der Waals surface area contributed by atoms with Gasteiger partial charge in [0.25, 0.3) is 5.91 Å². The summed E-state index contributed by atoms with van der Waals surface area (Å²) in [7, 11) is 0. The third kappa shape index (κ3) is 3.92. The molecule has 1 aliphatic heterocycles. The highest BCUT2D eigenvalue weighted by Gasteiger charge is 2.36. The highest BCUT2D eigenvalue weighted by molar-refractivity contribution is 7.21. The number of carbonyl (C=O) groups excluding carboxylic acids is 1. The van der Waals surface area contributed by atoms with Gasteiger partial charge in [-0.25, -0.2) is 4.98 Å². The van der Waals surface area contributed by atoms with E-state index in [9.17, 15) is 18.0 Å². The van der Waals surface area contributed by atoms with Crippen molar-refractivity contribution in [3.05, 3.63) is 46.8 Å². The minimum absolute atomic E-state index is 0.0507. The summed E-state index contributed by atoms with van der Waals surface area (Å²) in [6.45, 7) is 1.07. The molecule has 2 aromatic heterocycles. The number of rotatable bonds is 3. The van der Waals surface area contributed by atoms with Gasteiger partial charge in [0.15, 0.2) is 0 Å². The van der Waals surface area contributed by atoms with Crippen LogP contribution in [0.4, 0.5) is 18.9 Å². The van der Waals surface area contributed by atoms with Crippen LogP contribution in [-0.2, 0) is 10.9 Å². The average molecular weight is 421 g/mol. The number of thiophene rings is 1. The zero-order valence-corrected chi connectivity index (χ0v) is 16.1. The van der Waals surface area contributed by atoms with Crippen LogP contribution in [-0.4, -0.2) is 30.1 Å². The number of nitrogens with two attached hydrogens (primary N) is 1. The van der Waals surface area contributed by atoms with Crippen molar-refractivity contribution in [1.29, 1.82) is 0 Å². The van der Waals surface area contributed by atoms with Gasteiger partial charge in [0, 0.05) is 30.2 Å². The van der Waals surface area contributed by atoms with Crippen LogP contribution in [0.5, 0.6) is 0 Å². The summed E-state index contributed by atoms with van der Waals surface area (Å²) in [5.74, 6) is -0.480. The fourth-order valence-electron chi connectivity index (χ4n) is 3.36. The first-order valence-corrected chi connectivity index (χ1v) is 9.90. The Hall–Kier alpha value is -2.65. The van der Waals surface area contributed by atoms with E-state index < -0.39 is 17.6 Å². The van der Waals surface area contributed by atoms with Gasteiger partial charge < -0.3 is 15.8 Å². The molecule has 1 amide bonds. The number of anilines is 1. The van der Waals surface area contributed by atoms with Crippen LogP contribution < -0.4 is 11.1 Å². The first kappa shape index (κ1) is 19.7. The van der Waals surface area contributed by atoms with Gasteiger partial charge in [-0.15, -0.1) is 11.3 Å². The average Bonchev–Trinajstić information content (AvgIpc) is 3.05. The molecule has 5 nitrogen and oxygen atoms in total. The number of halogens is 3. The molecular formula is C20H18F3N3O2S. The SMILES string of the molecule is Nc1c(C(=O)NC2CCOCC2)sc2nc(-c3ccccc3)cc(C(F)(F)F)c12. The lowest BCUT2D eigenvalue weighted by Gasteiger charge is -2.22. The molecule has 0 radical (unpaired) electrons. The molecule has 29 heavy (non-hydrogen) atoms. The molecule has 1 aliphatic rings. The van der Waals surface area contributed by atoms with Crippen LogP contribution in [0.25, 0.3) is 21.5 Å². The standard InChI is InChI=1S/C20H18F3N3O2S/c21-20(22,23)13-10-14(11-4-2-1-3-5-11)26-19-15(13)16(24)17(29-19)18(27)25-12-6-8-28-9-7-12/h1-5,10,12H,6-9,24H2,(H,25,27). The number of nitrogens with zero attached hydrogens (tertiary/aromatic N) is 1. The number of alkyl halides is 3. The Morgan fingerprint density at radius 2 is 1.90 bits per heavy atom. The van der Waals surface area contributed by atoms with Crippen LogP contribution in [0.1, 0.15) is 28.1 Å². The second kappa shape index (κ2) is 7.64. The lowest BCUT2D eigenvalue weighted by atomic mass is 10.1. The maximum atomic E-state index is 13.8. The minimum Gasteiger partial charge on any atom is -0.397 e. The van der Waals surface area contributed by atoms with E-state index in [1.165, 1.54) is 0 Å². The number of benzene rings is 1. The molecule has 3 aromatic rings. The van der Waals surface area contributed by atoms with E-state index in [1.54, 1.807) is 30.3 Å². The molecule has 3 heterocycles. The summed E-state index contributed by atoms with van der Waals surface area (Å²) in [6.07, 6.45) is -3.32. The first-order chi connectivity index (χ1) is 13.8. The van der Waals surface area contributed by atoms with Crippen molar-refractivity contribution >= 4 is 33.1 Å². The summed E-state index contributed by atoms with van der Waals surface area (Å²) in [6, 6.07) is 9.49. The quantitative estimate of drug-likeness (QED) is 0.654. The van der Waals surface area contributed by atoms with Gasteiger partial charge in [-0.3, -0.25) is 4.79 Å². The number of hydrogen-bond acceptors (Lipinski definition) is 5. The van der Waals surface area contributed by atoms with Crippen molar-refractivity contribution in [3.8, 4) is 11.3 Å². The summed E-state index contributed by atoms with van der Waals surface area (Å²) in [5.41, 5.74) is 5.68. The third-order valence-electron chi connectivity index (χ3n) is 4.84. The number of nitrogens with one attached hydrogen (secondary N) is 1. The highest BCUT2D eigenvalue weighted by Crippen LogP contribution is 2.43. The van der Waals surface area contributed by atoms with Crippen molar-refractivity contribution in [2.45, 2.75) is 25.1 Å². The first-order valence-electron chi connectivity index (χ1n) is 9.09. The van der Waals surface area contributed by atoms with Crippen LogP contribution in [0.15, 0.2) is 36.4 Å². The number of carbonyl (C=O) groups is 1. The molecule has 0 spiro atoms. The largest absolute Gasteiger partial charge is 0.417 e. The number of pyridine rings is 1. The van der Waals surface area contributed by atoms with Gasteiger partial charge in [-0.1, -0.05) is 30.3 Å². The minimum atomic E-state index is -4.63. The van der Waals surface area contributed by atoms with E-state index in [1.807, 2.05) is 0 Å². The van der Waals surface area contributed by atoms with E-state index in [4.69, 9.17) is 10.5 Å². The smallest absolute Gasteiger partial charge is 0.397 e. The maximum absolute atomic E-state index is 13.8. The fraction of sp³-hybridized carbons (Fsp3) is 0.300. The number of hydrogen-bond donors (Lipinski definition) is 2. The lowest BCUT2D eigenvalue weighted by molar-refractivity contribution is -0.136. The zero-order chi connectivity index (χ0) is 20.6. The zero-order valence-electron chi connectivity index (χ0n) is 15.3. The summed E-state index contributed by atoms with van der Waals surface area (Å²) in [5, 5.41) is 2.62. The molecule has 1 fully saturated rings. The lowest BCUT2D eigenvalue weighted by Crippen LogP contribution is -2.38. The summed E-state index contributed by atoms with van der Waals surface area (Å²) >= 11 is 0.880. The Labute approximate surface area is 168 Å². The van der Waals surface area contributed by atoms with Gasteiger partial charge in [-0.05, 0) is 18.9 Å². The van der Waals surface area contributed by atoms with Crippen LogP contribution in [0.3, 0.4) is 0 Å². The second-order valence-corrected chi connectivity index (χ2v) is 7.80. The highest BCUT2D eigenvalue weighted by atomic mass is 32.1. The molecule has 3 N–H and O–H groups in total. The normalized spacial score (nSPS) is 15.6. The fourth-order valence-corrected chi connectivity index (χ4v) is 4.39. The van der Waals surface area contributed by atoms with Crippen molar-refractivity contribution in [3.63, 3.8) is 0 Å². The van der Waals surface area contributed by atoms with E-state index in [0.717, 1.165) is 17.4 Å². The molecule has 9 heteroatoms. The van der Waals surface area contributed by atoms with Gasteiger partial charge in [0.1, 0.15) is 9.71 Å². The molecule has 1 aromatic carbocycles. The molecule has 0 unspecified atom stereocenters. The van der Waals surface area contributed by atoms with Crippen molar-refractivity contribution in [2.75, 3.05) is 18.9 Å². The molecule has 0 aliphatic carbocycles. The number of nitrogen functional groups attached to an aromatic ring is 1. The Morgan fingerprint density at radius 3 is 2.55 bits per heavy atom. The maximum Gasteiger partial charge on any atom is 0.417 e. The van der Waals surface area contributed by atoms with Gasteiger partial charge in [0.2, 0.25) is 0 Å². The predicted octanol–water partition coefficient (Wildman–Crippen LogP) is 4.47. The predicted molar refractivity (Wildman–Crippen MR) is 106 cm³/mol. The Kier molecular flexibility index (Phi) is 5.18. The number of aromatic nitrogens is 1. The molecule has 4 rings (SSSR count). The van der Waals surface area contributed by atoms with Crippen LogP contribution in [0, 0.1) is 0 Å². The Morgan fingerprint density at radius 1 is 1.21 bits per heavy atom. The van der Waals surface area contributed by atoms with Crippen molar-refractivity contribution < 1.29 is 22.7 Å².